The van der Waals surface area contributed by atoms with Gasteiger partial charge in [0.05, 0.1) is 5.69 Å². The lowest BCUT2D eigenvalue weighted by Crippen LogP contribution is -2.29. The fourth-order valence-electron chi connectivity index (χ4n) is 3.28. The minimum atomic E-state index is 0.561. The average Bonchev–Trinajstić information content (AvgIpc) is 3.15. The van der Waals surface area contributed by atoms with Crippen LogP contribution in [0, 0.1) is 0 Å². The Kier molecular flexibility index (Phi) is 3.37. The van der Waals surface area contributed by atoms with Gasteiger partial charge >= 0.3 is 0 Å². The third-order valence-electron chi connectivity index (χ3n) is 4.33. The van der Waals surface area contributed by atoms with Crippen molar-refractivity contribution in [3.63, 3.8) is 0 Å². The van der Waals surface area contributed by atoms with Gasteiger partial charge in [-0.1, -0.05) is 18.5 Å². The van der Waals surface area contributed by atoms with Crippen molar-refractivity contribution in [1.29, 1.82) is 0 Å². The molecule has 22 heavy (non-hydrogen) atoms. The number of aryl methyl sites for hydroxylation is 1. The highest BCUT2D eigenvalue weighted by Gasteiger charge is 2.26. The Bertz CT molecular complexity index is 743. The first-order valence-electron chi connectivity index (χ1n) is 7.81. The Hall–Kier alpha value is -1.88. The van der Waals surface area contributed by atoms with Gasteiger partial charge < -0.3 is 4.90 Å². The molecule has 0 spiro atoms. The molecule has 3 heterocycles. The van der Waals surface area contributed by atoms with Crippen molar-refractivity contribution < 1.29 is 0 Å². The summed E-state index contributed by atoms with van der Waals surface area (Å²) in [6.07, 6.45) is 3.29. The van der Waals surface area contributed by atoms with Crippen LogP contribution >= 0.6 is 11.6 Å². The molecular formula is C16H18ClN5. The highest BCUT2D eigenvalue weighted by Crippen LogP contribution is 2.28. The number of amidine groups is 1. The number of aromatic nitrogens is 3. The normalized spacial score (nSPS) is 17.0. The molecule has 114 valence electrons. The molecule has 0 atom stereocenters. The highest BCUT2D eigenvalue weighted by molar-refractivity contribution is 6.31. The van der Waals surface area contributed by atoms with Gasteiger partial charge in [0.1, 0.15) is 18.2 Å². The van der Waals surface area contributed by atoms with Crippen molar-refractivity contribution in [2.45, 2.75) is 32.7 Å². The maximum absolute atomic E-state index is 6.26. The molecule has 0 radical (unpaired) electrons. The molecule has 1 aromatic carbocycles. The van der Waals surface area contributed by atoms with Crippen molar-refractivity contribution in [1.82, 2.24) is 19.7 Å². The quantitative estimate of drug-likeness (QED) is 0.813. The van der Waals surface area contributed by atoms with E-state index in [9.17, 15) is 0 Å². The largest absolute Gasteiger partial charge is 0.356 e. The zero-order valence-electron chi connectivity index (χ0n) is 12.6. The molecule has 5 nitrogen and oxygen atoms in total. The van der Waals surface area contributed by atoms with Crippen LogP contribution in [-0.4, -0.2) is 38.6 Å². The molecule has 4 rings (SSSR count). The van der Waals surface area contributed by atoms with Gasteiger partial charge in [0.15, 0.2) is 5.82 Å². The predicted octanol–water partition coefficient (Wildman–Crippen LogP) is 2.84. The number of aliphatic imine (C=N–C) groups is 1. The molecule has 0 aliphatic carbocycles. The van der Waals surface area contributed by atoms with E-state index in [0.717, 1.165) is 53.3 Å². The number of rotatable bonds is 1. The summed E-state index contributed by atoms with van der Waals surface area (Å²) in [6, 6.07) is 6.00. The summed E-state index contributed by atoms with van der Waals surface area (Å²) in [6.45, 7) is 4.78. The smallest absolute Gasteiger partial charge is 0.159 e. The van der Waals surface area contributed by atoms with Crippen LogP contribution in [0.3, 0.4) is 0 Å². The second kappa shape index (κ2) is 5.39. The molecule has 6 heteroatoms. The van der Waals surface area contributed by atoms with Gasteiger partial charge in [0.25, 0.3) is 0 Å². The molecule has 2 aromatic rings. The maximum atomic E-state index is 6.26. The van der Waals surface area contributed by atoms with Crippen LogP contribution in [0.5, 0.6) is 0 Å². The van der Waals surface area contributed by atoms with Crippen LogP contribution in [0.25, 0.3) is 5.69 Å². The van der Waals surface area contributed by atoms with Crippen LogP contribution in [-0.2, 0) is 13.0 Å². The van der Waals surface area contributed by atoms with Gasteiger partial charge in [-0.2, -0.15) is 0 Å². The van der Waals surface area contributed by atoms with Crippen LogP contribution in [0.15, 0.2) is 23.2 Å². The Morgan fingerprint density at radius 2 is 2.00 bits per heavy atom. The minimum Gasteiger partial charge on any atom is -0.356 e. The zero-order valence-corrected chi connectivity index (χ0v) is 13.3. The Morgan fingerprint density at radius 3 is 2.77 bits per heavy atom. The third-order valence-corrected chi connectivity index (χ3v) is 4.56. The van der Waals surface area contributed by atoms with E-state index >= 15 is 0 Å². The summed E-state index contributed by atoms with van der Waals surface area (Å²) >= 11 is 6.26. The molecule has 0 N–H and O–H groups in total. The number of hydrogen-bond acceptors (Lipinski definition) is 4. The summed E-state index contributed by atoms with van der Waals surface area (Å²) in [4.78, 5) is 7.20. The van der Waals surface area contributed by atoms with E-state index in [2.05, 4.69) is 32.7 Å². The number of benzene rings is 1. The van der Waals surface area contributed by atoms with Gasteiger partial charge in [-0.3, -0.25) is 9.56 Å². The minimum absolute atomic E-state index is 0.561. The van der Waals surface area contributed by atoms with Crippen molar-refractivity contribution in [2.75, 3.05) is 13.1 Å². The Balaban J connectivity index is 1.92. The molecule has 1 saturated heterocycles. The predicted molar refractivity (Wildman–Crippen MR) is 86.8 cm³/mol. The molecule has 2 aliphatic rings. The van der Waals surface area contributed by atoms with Crippen molar-refractivity contribution in [3.05, 3.63) is 40.4 Å². The molecule has 0 saturated carbocycles. The number of likely N-dealkylation sites (tertiary alicyclic amines) is 1. The van der Waals surface area contributed by atoms with Crippen LogP contribution in [0.2, 0.25) is 5.02 Å². The van der Waals surface area contributed by atoms with E-state index in [0.29, 0.717) is 6.54 Å². The summed E-state index contributed by atoms with van der Waals surface area (Å²) < 4.78 is 2.14. The maximum Gasteiger partial charge on any atom is 0.159 e. The summed E-state index contributed by atoms with van der Waals surface area (Å²) in [5, 5.41) is 9.36. The monoisotopic (exact) mass is 315 g/mol. The van der Waals surface area contributed by atoms with Gasteiger partial charge in [-0.25, -0.2) is 0 Å². The Labute approximate surface area is 134 Å². The first-order valence-corrected chi connectivity index (χ1v) is 8.18. The van der Waals surface area contributed by atoms with E-state index < -0.39 is 0 Å². The van der Waals surface area contributed by atoms with Crippen molar-refractivity contribution in [2.24, 2.45) is 4.99 Å². The van der Waals surface area contributed by atoms with Gasteiger partial charge in [-0.15, -0.1) is 10.2 Å². The molecular weight excluding hydrogens is 298 g/mol. The Morgan fingerprint density at radius 1 is 1.18 bits per heavy atom. The second-order valence-electron chi connectivity index (χ2n) is 5.72. The van der Waals surface area contributed by atoms with E-state index in [1.807, 2.05) is 12.1 Å². The van der Waals surface area contributed by atoms with Crippen LogP contribution < -0.4 is 0 Å². The third kappa shape index (κ3) is 2.11. The average molecular weight is 316 g/mol. The standard InChI is InChI=1S/C16H18ClN5/c1-2-14-19-20-15-10-18-16(21-7-3-4-8-21)12-9-11(17)5-6-13(12)22(14)15/h5-6,9H,2-4,7-8,10H2,1H3. The van der Waals surface area contributed by atoms with Gasteiger partial charge in [-0.05, 0) is 31.0 Å². The van der Waals surface area contributed by atoms with Crippen LogP contribution in [0.4, 0.5) is 0 Å². The van der Waals surface area contributed by atoms with Crippen molar-refractivity contribution in [3.8, 4) is 5.69 Å². The lowest BCUT2D eigenvalue weighted by molar-refractivity contribution is 0.518. The van der Waals surface area contributed by atoms with Gasteiger partial charge in [0.2, 0.25) is 0 Å². The zero-order chi connectivity index (χ0) is 15.1. The lowest BCUT2D eigenvalue weighted by atomic mass is 10.1. The van der Waals surface area contributed by atoms with Crippen molar-refractivity contribution >= 4 is 17.4 Å². The van der Waals surface area contributed by atoms with Crippen LogP contribution in [0.1, 0.15) is 37.0 Å². The molecule has 0 amide bonds. The van der Waals surface area contributed by atoms with E-state index in [1.165, 1.54) is 12.8 Å². The lowest BCUT2D eigenvalue weighted by Gasteiger charge is -2.21. The van der Waals surface area contributed by atoms with E-state index in [-0.39, 0.29) is 0 Å². The number of halogens is 1. The summed E-state index contributed by atoms with van der Waals surface area (Å²) in [5.74, 6) is 2.91. The molecule has 2 aliphatic heterocycles. The molecule has 0 bridgehead atoms. The molecule has 1 aromatic heterocycles. The fraction of sp³-hybridized carbons (Fsp3) is 0.438. The fourth-order valence-corrected chi connectivity index (χ4v) is 3.45. The molecule has 1 fully saturated rings. The van der Waals surface area contributed by atoms with E-state index in [4.69, 9.17) is 16.6 Å². The summed E-state index contributed by atoms with van der Waals surface area (Å²) in [7, 11) is 0. The first kappa shape index (κ1) is 13.8. The highest BCUT2D eigenvalue weighted by atomic mass is 35.5. The topological polar surface area (TPSA) is 46.3 Å². The number of nitrogens with zero attached hydrogens (tertiary/aromatic N) is 5. The number of fused-ring (bicyclic) bond motifs is 3. The number of hydrogen-bond donors (Lipinski definition) is 0. The van der Waals surface area contributed by atoms with E-state index in [1.54, 1.807) is 0 Å². The van der Waals surface area contributed by atoms with Gasteiger partial charge in [0, 0.05) is 30.1 Å². The SMILES string of the molecule is CCc1nnc2n1-c1ccc(Cl)cc1C(N1CCCC1)=NC2. The summed E-state index contributed by atoms with van der Waals surface area (Å²) in [5.41, 5.74) is 2.17. The second-order valence-corrected chi connectivity index (χ2v) is 6.15. The first-order chi connectivity index (χ1) is 10.8. The molecule has 0 unspecified atom stereocenters.